The molecule has 0 spiro atoms. The van der Waals surface area contributed by atoms with Crippen LogP contribution in [0.15, 0.2) is 121 Å². The fourth-order valence-electron chi connectivity index (χ4n) is 15.2. The van der Waals surface area contributed by atoms with Crippen molar-refractivity contribution < 1.29 is 0 Å². The van der Waals surface area contributed by atoms with Crippen LogP contribution in [0.2, 0.25) is 0 Å². The molecule has 0 N–H and O–H groups in total. The van der Waals surface area contributed by atoms with E-state index in [0.29, 0.717) is 0 Å². The van der Waals surface area contributed by atoms with Gasteiger partial charge in [0.2, 0.25) is 0 Å². The highest BCUT2D eigenvalue weighted by Crippen LogP contribution is 2.47. The van der Waals surface area contributed by atoms with Gasteiger partial charge in [0.1, 0.15) is 0 Å². The third-order valence-corrected chi connectivity index (χ3v) is 20.9. The van der Waals surface area contributed by atoms with Crippen LogP contribution in [0.5, 0.6) is 0 Å². The van der Waals surface area contributed by atoms with Crippen molar-refractivity contribution in [2.45, 2.75) is 171 Å². The standard InChI is InChI=1S/5C17H18/c1-10-5-6-15-14(7-10)9-16-13(4)12(3)11(2)8-17(15)16;1-10-5-6-15-14(7-10)9-16-13(4)11(2)8-12(3)17(15)16;1-10-5-6-14-9-15-13(4)11(2)8-12(3)17(15)16(14)7-10;1-10-6-5-7-14-15(10)9-16-13(4)12(3)11(2)8-17(14)16;1-10-6-5-7-14-9-15-13(4)11(2)8-12(3)17(15)16(10)14/h5*5-8H,9H2,1-4H3. The summed E-state index contributed by atoms with van der Waals surface area (Å²) in [5, 5.41) is 0. The smallest absolute Gasteiger partial charge is 0.000809 e. The summed E-state index contributed by atoms with van der Waals surface area (Å²) < 4.78 is 0. The molecule has 0 saturated heterocycles. The van der Waals surface area contributed by atoms with Crippen LogP contribution in [0.3, 0.4) is 0 Å². The Morgan fingerprint density at radius 2 is 0.600 bits per heavy atom. The second-order valence-corrected chi connectivity index (χ2v) is 26.5. The molecule has 0 atom stereocenters. The molecule has 10 aromatic carbocycles. The minimum Gasteiger partial charge on any atom is -0.0617 e. The van der Waals surface area contributed by atoms with E-state index < -0.39 is 0 Å². The lowest BCUT2D eigenvalue weighted by molar-refractivity contribution is 1.15. The van der Waals surface area contributed by atoms with Crippen LogP contribution < -0.4 is 0 Å². The van der Waals surface area contributed by atoms with Gasteiger partial charge in [-0.25, -0.2) is 0 Å². The summed E-state index contributed by atoms with van der Waals surface area (Å²) in [7, 11) is 0. The molecule has 0 amide bonds. The lowest BCUT2D eigenvalue weighted by Crippen LogP contribution is -1.93. The summed E-state index contributed by atoms with van der Waals surface area (Å²) in [6.07, 6.45) is 5.56. The van der Waals surface area contributed by atoms with Gasteiger partial charge in [-0.2, -0.15) is 0 Å². The van der Waals surface area contributed by atoms with Crippen molar-refractivity contribution in [1.82, 2.24) is 0 Å². The van der Waals surface area contributed by atoms with Crippen molar-refractivity contribution in [2.24, 2.45) is 0 Å². The van der Waals surface area contributed by atoms with Crippen LogP contribution in [0, 0.1) is 138 Å². The number of rotatable bonds is 0. The third-order valence-electron chi connectivity index (χ3n) is 20.9. The van der Waals surface area contributed by atoms with Gasteiger partial charge in [0.05, 0.1) is 0 Å². The molecule has 5 aliphatic carbocycles. The maximum absolute atomic E-state index is 2.36. The van der Waals surface area contributed by atoms with Crippen molar-refractivity contribution in [3.63, 3.8) is 0 Å². The molecule has 0 saturated carbocycles. The normalized spacial score (nSPS) is 12.5. The first-order chi connectivity index (χ1) is 40.4. The number of hydrogen-bond donors (Lipinski definition) is 0. The van der Waals surface area contributed by atoms with E-state index in [1.165, 1.54) is 206 Å². The number of fused-ring (bicyclic) bond motifs is 15. The third kappa shape index (κ3) is 10.6. The van der Waals surface area contributed by atoms with Gasteiger partial charge in [0.15, 0.2) is 0 Å². The van der Waals surface area contributed by atoms with Gasteiger partial charge in [-0.1, -0.05) is 138 Å². The largest absolute Gasteiger partial charge is 0.0617 e. The molecule has 0 nitrogen and oxygen atoms in total. The molecular weight excluding hydrogens is 1020 g/mol. The van der Waals surface area contributed by atoms with E-state index in [1.807, 2.05) is 0 Å². The zero-order valence-electron chi connectivity index (χ0n) is 55.1. The van der Waals surface area contributed by atoms with E-state index in [0.717, 1.165) is 32.1 Å². The van der Waals surface area contributed by atoms with E-state index in [1.54, 1.807) is 16.7 Å². The molecule has 0 bridgehead atoms. The van der Waals surface area contributed by atoms with Crippen molar-refractivity contribution >= 4 is 0 Å². The number of hydrogen-bond acceptors (Lipinski definition) is 0. The molecule has 0 radical (unpaired) electrons. The number of aryl methyl sites for hydroxylation is 13. The number of benzene rings is 10. The molecule has 0 aliphatic heterocycles. The molecule has 0 unspecified atom stereocenters. The highest BCUT2D eigenvalue weighted by Gasteiger charge is 2.28. The highest BCUT2D eigenvalue weighted by molar-refractivity contribution is 5.86. The molecule has 10 aromatic rings. The summed E-state index contributed by atoms with van der Waals surface area (Å²) in [4.78, 5) is 0. The fraction of sp³-hybridized carbons (Fsp3) is 0.294. The van der Waals surface area contributed by atoms with Gasteiger partial charge in [0, 0.05) is 0 Å². The van der Waals surface area contributed by atoms with E-state index in [9.17, 15) is 0 Å². The molecule has 430 valence electrons. The minimum absolute atomic E-state index is 1.11. The summed E-state index contributed by atoms with van der Waals surface area (Å²) in [6.45, 7) is 44.6. The molecule has 0 heterocycles. The van der Waals surface area contributed by atoms with Crippen LogP contribution >= 0.6 is 0 Å². The lowest BCUT2D eigenvalue weighted by atomic mass is 9.92. The molecule has 0 fully saturated rings. The fourth-order valence-corrected chi connectivity index (χ4v) is 15.2. The summed E-state index contributed by atoms with van der Waals surface area (Å²) in [5.41, 5.74) is 58.5. The van der Waals surface area contributed by atoms with Gasteiger partial charge in [0.25, 0.3) is 0 Å². The minimum atomic E-state index is 1.11. The average molecular weight is 1110 g/mol. The van der Waals surface area contributed by atoms with Crippen LogP contribution in [0.25, 0.3) is 55.6 Å². The summed E-state index contributed by atoms with van der Waals surface area (Å²) >= 11 is 0. The van der Waals surface area contributed by atoms with E-state index in [2.05, 4.69) is 260 Å². The van der Waals surface area contributed by atoms with Crippen molar-refractivity contribution in [3.05, 3.63) is 288 Å². The Morgan fingerprint density at radius 3 is 1.19 bits per heavy atom. The maximum atomic E-state index is 2.36. The second kappa shape index (κ2) is 22.9. The highest BCUT2D eigenvalue weighted by atomic mass is 14.3. The Labute approximate surface area is 511 Å². The summed E-state index contributed by atoms with van der Waals surface area (Å²) in [6, 6.07) is 45.6. The Hall–Kier alpha value is -7.80. The SMILES string of the molecule is Cc1cc(C)c2c(c1C)Cc1cccc(C)c1-2.Cc1cc2c(c(C)c1C)Cc1c(C)cccc1-2.Cc1ccc2c(c1)-c1c(C)cc(C)c(C)c1C2.Cc1ccc2c(c1)Cc1c(C)c(C)cc(C)c1-2.Cc1ccc2c(c1)Cc1c-2cc(C)c(C)c1C. The quantitative estimate of drug-likeness (QED) is 0.142. The first-order valence-corrected chi connectivity index (χ1v) is 31.4. The Balaban J connectivity index is 0.000000111. The second-order valence-electron chi connectivity index (χ2n) is 26.5. The van der Waals surface area contributed by atoms with Crippen LogP contribution in [-0.2, 0) is 32.1 Å². The van der Waals surface area contributed by atoms with E-state index >= 15 is 0 Å². The van der Waals surface area contributed by atoms with Gasteiger partial charge in [-0.3, -0.25) is 0 Å². The van der Waals surface area contributed by atoms with Gasteiger partial charge >= 0.3 is 0 Å². The molecule has 15 rings (SSSR count). The zero-order valence-corrected chi connectivity index (χ0v) is 55.1. The molecular formula is C85H90. The van der Waals surface area contributed by atoms with Crippen LogP contribution in [0.4, 0.5) is 0 Å². The van der Waals surface area contributed by atoms with Gasteiger partial charge in [-0.05, 0) is 376 Å². The maximum Gasteiger partial charge on any atom is -0.000809 e. The van der Waals surface area contributed by atoms with Crippen LogP contribution in [-0.4, -0.2) is 0 Å². The Kier molecular flexibility index (Phi) is 15.9. The monoisotopic (exact) mass is 1110 g/mol. The molecule has 0 heteroatoms. The Bertz CT molecular complexity index is 4400. The van der Waals surface area contributed by atoms with Gasteiger partial charge < -0.3 is 0 Å². The lowest BCUT2D eigenvalue weighted by Gasteiger charge is -2.12. The first kappa shape index (κ1) is 59.0. The topological polar surface area (TPSA) is 0 Å². The van der Waals surface area contributed by atoms with Crippen LogP contribution in [0.1, 0.15) is 167 Å². The van der Waals surface area contributed by atoms with Crippen molar-refractivity contribution in [1.29, 1.82) is 0 Å². The van der Waals surface area contributed by atoms with Crippen molar-refractivity contribution in [2.75, 3.05) is 0 Å². The first-order valence-electron chi connectivity index (χ1n) is 31.4. The molecule has 5 aliphatic rings. The summed E-state index contributed by atoms with van der Waals surface area (Å²) in [5.74, 6) is 0. The van der Waals surface area contributed by atoms with Gasteiger partial charge in [-0.15, -0.1) is 0 Å². The van der Waals surface area contributed by atoms with E-state index in [-0.39, 0.29) is 0 Å². The Morgan fingerprint density at radius 1 is 0.188 bits per heavy atom. The predicted molar refractivity (Wildman–Crippen MR) is 368 cm³/mol. The van der Waals surface area contributed by atoms with E-state index in [4.69, 9.17) is 0 Å². The molecule has 85 heavy (non-hydrogen) atoms. The average Bonchev–Trinajstić information content (AvgIpc) is 1.93. The zero-order chi connectivity index (χ0) is 60.8. The van der Waals surface area contributed by atoms with Crippen molar-refractivity contribution in [3.8, 4) is 55.6 Å². The predicted octanol–water partition coefficient (Wildman–Crippen LogP) is 22.5. The molecule has 0 aromatic heterocycles.